The summed E-state index contributed by atoms with van der Waals surface area (Å²) in [5.74, 6) is 0.497. The summed E-state index contributed by atoms with van der Waals surface area (Å²) < 4.78 is 11.7. The van der Waals surface area contributed by atoms with Gasteiger partial charge >= 0.3 is 6.03 Å². The first-order valence-corrected chi connectivity index (χ1v) is 12.0. The molecule has 184 valence electrons. The van der Waals surface area contributed by atoms with Gasteiger partial charge in [0, 0.05) is 26.2 Å². The zero-order valence-electron chi connectivity index (χ0n) is 19.2. The molecule has 1 saturated heterocycles. The van der Waals surface area contributed by atoms with E-state index in [0.29, 0.717) is 44.2 Å². The molecular formula is C27H21Cl3N2O4. The summed E-state index contributed by atoms with van der Waals surface area (Å²) in [5.41, 5.74) is 2.73. The van der Waals surface area contributed by atoms with Gasteiger partial charge in [-0.15, -0.1) is 6.58 Å². The molecule has 0 unspecified atom stereocenters. The first-order valence-electron chi connectivity index (χ1n) is 10.8. The van der Waals surface area contributed by atoms with Crippen LogP contribution in [0.2, 0.25) is 15.1 Å². The molecule has 1 aliphatic rings. The SMILES string of the molecule is C=CCc1cc(/C=C2/NC(=O)N(c3ccc(Cl)cc3)C2=O)cc(OC)c1OCc1ccc(Cl)cc1Cl. The minimum atomic E-state index is -0.549. The number of allylic oxidation sites excluding steroid dienone is 1. The molecule has 1 heterocycles. The minimum absolute atomic E-state index is 0.128. The fourth-order valence-corrected chi connectivity index (χ4v) is 4.29. The van der Waals surface area contributed by atoms with E-state index < -0.39 is 11.9 Å². The number of hydrogen-bond acceptors (Lipinski definition) is 4. The van der Waals surface area contributed by atoms with Gasteiger partial charge in [-0.2, -0.15) is 0 Å². The Morgan fingerprint density at radius 1 is 0.972 bits per heavy atom. The summed E-state index contributed by atoms with van der Waals surface area (Å²) in [7, 11) is 1.52. The smallest absolute Gasteiger partial charge is 0.333 e. The number of urea groups is 1. The van der Waals surface area contributed by atoms with E-state index in [4.69, 9.17) is 44.3 Å². The molecule has 0 bridgehead atoms. The molecule has 6 nitrogen and oxygen atoms in total. The number of halogens is 3. The van der Waals surface area contributed by atoms with Crippen LogP contribution in [0.15, 0.2) is 72.9 Å². The van der Waals surface area contributed by atoms with Gasteiger partial charge in [-0.05, 0) is 66.6 Å². The van der Waals surface area contributed by atoms with Crippen molar-refractivity contribution >= 4 is 58.5 Å². The fraction of sp³-hybridized carbons (Fsp3) is 0.111. The lowest BCUT2D eigenvalue weighted by molar-refractivity contribution is -0.113. The number of carbonyl (C=O) groups excluding carboxylic acids is 2. The van der Waals surface area contributed by atoms with Crippen LogP contribution >= 0.6 is 34.8 Å². The second-order valence-electron chi connectivity index (χ2n) is 7.83. The van der Waals surface area contributed by atoms with E-state index in [1.807, 2.05) is 6.07 Å². The number of nitrogens with one attached hydrogen (secondary N) is 1. The number of amides is 3. The van der Waals surface area contributed by atoms with Gasteiger partial charge in [-0.25, -0.2) is 9.69 Å². The molecule has 4 rings (SSSR count). The highest BCUT2D eigenvalue weighted by atomic mass is 35.5. The lowest BCUT2D eigenvalue weighted by atomic mass is 10.0. The van der Waals surface area contributed by atoms with Crippen LogP contribution in [0.1, 0.15) is 16.7 Å². The van der Waals surface area contributed by atoms with Crippen molar-refractivity contribution in [3.8, 4) is 11.5 Å². The molecule has 0 saturated carbocycles. The molecule has 1 N–H and O–H groups in total. The van der Waals surface area contributed by atoms with Gasteiger partial charge in [0.1, 0.15) is 12.3 Å². The summed E-state index contributed by atoms with van der Waals surface area (Å²) in [6, 6.07) is 14.6. The Balaban J connectivity index is 1.64. The maximum atomic E-state index is 13.0. The number of methoxy groups -OCH3 is 1. The normalized spacial score (nSPS) is 14.2. The van der Waals surface area contributed by atoms with Gasteiger partial charge in [0.15, 0.2) is 11.5 Å². The van der Waals surface area contributed by atoms with Crippen molar-refractivity contribution in [2.24, 2.45) is 0 Å². The molecule has 0 aliphatic carbocycles. The van der Waals surface area contributed by atoms with Gasteiger partial charge in [-0.3, -0.25) is 4.79 Å². The molecule has 0 aromatic heterocycles. The molecule has 0 spiro atoms. The maximum Gasteiger partial charge on any atom is 0.333 e. The first-order chi connectivity index (χ1) is 17.3. The van der Waals surface area contributed by atoms with E-state index in [1.54, 1.807) is 60.7 Å². The van der Waals surface area contributed by atoms with Gasteiger partial charge in [0.2, 0.25) is 0 Å². The topological polar surface area (TPSA) is 67.9 Å². The number of carbonyl (C=O) groups is 2. The Morgan fingerprint density at radius 2 is 1.69 bits per heavy atom. The number of benzene rings is 3. The van der Waals surface area contributed by atoms with Crippen molar-refractivity contribution in [1.82, 2.24) is 5.32 Å². The molecule has 3 aromatic carbocycles. The number of anilines is 1. The second-order valence-corrected chi connectivity index (χ2v) is 9.11. The molecule has 1 aliphatic heterocycles. The molecule has 0 radical (unpaired) electrons. The highest BCUT2D eigenvalue weighted by Gasteiger charge is 2.35. The van der Waals surface area contributed by atoms with Crippen LogP contribution in [0.5, 0.6) is 11.5 Å². The van der Waals surface area contributed by atoms with E-state index in [9.17, 15) is 9.59 Å². The fourth-order valence-electron chi connectivity index (χ4n) is 3.70. The zero-order chi connectivity index (χ0) is 25.8. The number of nitrogens with zero attached hydrogens (tertiary/aromatic N) is 1. The van der Waals surface area contributed by atoms with Crippen LogP contribution in [0.3, 0.4) is 0 Å². The van der Waals surface area contributed by atoms with E-state index >= 15 is 0 Å². The monoisotopic (exact) mass is 542 g/mol. The molecule has 0 atom stereocenters. The summed E-state index contributed by atoms with van der Waals surface area (Å²) in [6.07, 6.45) is 3.80. The van der Waals surface area contributed by atoms with Gasteiger partial charge in [-0.1, -0.05) is 46.9 Å². The van der Waals surface area contributed by atoms with Gasteiger partial charge in [0.05, 0.1) is 12.8 Å². The quantitative estimate of drug-likeness (QED) is 0.188. The number of imide groups is 1. The predicted molar refractivity (Wildman–Crippen MR) is 143 cm³/mol. The van der Waals surface area contributed by atoms with E-state index in [1.165, 1.54) is 7.11 Å². The standard InChI is InChI=1S/C27H21Cl3N2O4/c1-3-4-17-11-16(12-23-26(33)32(27(34)31-23)21-9-7-19(28)8-10-21)13-24(35-2)25(17)36-15-18-5-6-20(29)14-22(18)30/h3,5-14H,1,4,15H2,2H3,(H,31,34)/b23-12+. The van der Waals surface area contributed by atoms with Crippen molar-refractivity contribution < 1.29 is 19.1 Å². The summed E-state index contributed by atoms with van der Waals surface area (Å²) >= 11 is 18.2. The molecular weight excluding hydrogens is 523 g/mol. The average Bonchev–Trinajstić information content (AvgIpc) is 3.12. The van der Waals surface area contributed by atoms with E-state index in [0.717, 1.165) is 16.0 Å². The number of hydrogen-bond donors (Lipinski definition) is 1. The Labute approximate surface area is 223 Å². The minimum Gasteiger partial charge on any atom is -0.493 e. The molecule has 1 fully saturated rings. The van der Waals surface area contributed by atoms with Crippen LogP contribution in [0.25, 0.3) is 6.08 Å². The highest BCUT2D eigenvalue weighted by Crippen LogP contribution is 2.36. The first kappa shape index (κ1) is 25.6. The third-order valence-electron chi connectivity index (χ3n) is 5.40. The third kappa shape index (κ3) is 5.51. The summed E-state index contributed by atoms with van der Waals surface area (Å²) in [6.45, 7) is 4.02. The van der Waals surface area contributed by atoms with E-state index in [-0.39, 0.29) is 12.3 Å². The summed E-state index contributed by atoms with van der Waals surface area (Å²) in [4.78, 5) is 26.6. The van der Waals surface area contributed by atoms with Crippen LogP contribution in [0.4, 0.5) is 10.5 Å². The Kier molecular flexibility index (Phi) is 7.89. The molecule has 36 heavy (non-hydrogen) atoms. The Bertz CT molecular complexity index is 1370. The van der Waals surface area contributed by atoms with Crippen LogP contribution in [-0.2, 0) is 17.8 Å². The van der Waals surface area contributed by atoms with Gasteiger partial charge in [0.25, 0.3) is 5.91 Å². The zero-order valence-corrected chi connectivity index (χ0v) is 21.5. The van der Waals surface area contributed by atoms with E-state index in [2.05, 4.69) is 11.9 Å². The average molecular weight is 544 g/mol. The molecule has 9 heteroatoms. The lowest BCUT2D eigenvalue weighted by Crippen LogP contribution is -2.30. The number of ether oxygens (including phenoxy) is 2. The maximum absolute atomic E-state index is 13.0. The Morgan fingerprint density at radius 3 is 2.36 bits per heavy atom. The molecule has 3 aromatic rings. The molecule has 3 amide bonds. The van der Waals surface area contributed by atoms with Crippen molar-refractivity contribution in [1.29, 1.82) is 0 Å². The van der Waals surface area contributed by atoms with Crippen LogP contribution in [-0.4, -0.2) is 19.0 Å². The predicted octanol–water partition coefficient (Wildman–Crippen LogP) is 7.06. The largest absolute Gasteiger partial charge is 0.493 e. The second kappa shape index (κ2) is 11.1. The summed E-state index contributed by atoms with van der Waals surface area (Å²) in [5, 5.41) is 4.16. The van der Waals surface area contributed by atoms with Crippen LogP contribution < -0.4 is 19.7 Å². The highest BCUT2D eigenvalue weighted by molar-refractivity contribution is 6.35. The van der Waals surface area contributed by atoms with Crippen molar-refractivity contribution in [2.75, 3.05) is 12.0 Å². The third-order valence-corrected chi connectivity index (χ3v) is 6.24. The van der Waals surface area contributed by atoms with Crippen LogP contribution in [0, 0.1) is 0 Å². The van der Waals surface area contributed by atoms with Gasteiger partial charge < -0.3 is 14.8 Å². The van der Waals surface area contributed by atoms with Crippen molar-refractivity contribution in [3.63, 3.8) is 0 Å². The van der Waals surface area contributed by atoms with Crippen molar-refractivity contribution in [3.05, 3.63) is 105 Å². The van der Waals surface area contributed by atoms with Crippen molar-refractivity contribution in [2.45, 2.75) is 13.0 Å². The number of rotatable bonds is 8. The Hall–Kier alpha value is -3.45. The lowest BCUT2D eigenvalue weighted by Gasteiger charge is -2.16.